The smallest absolute Gasteiger partial charge is 0.269 e. The Morgan fingerprint density at radius 3 is 2.40 bits per heavy atom. The maximum atomic E-state index is 12.5. The number of ether oxygens (including phenoxy) is 2. The number of hydrogen-bond acceptors (Lipinski definition) is 5. The van der Waals surface area contributed by atoms with E-state index in [1.165, 1.54) is 7.11 Å². The van der Waals surface area contributed by atoms with E-state index in [9.17, 15) is 14.4 Å². The second-order valence-electron chi connectivity index (χ2n) is 6.82. The van der Waals surface area contributed by atoms with Gasteiger partial charge in [0.25, 0.3) is 11.8 Å². The Morgan fingerprint density at radius 2 is 1.77 bits per heavy atom. The Kier molecular flexibility index (Phi) is 6.90. The third kappa shape index (κ3) is 4.89. The topological polar surface area (TPSA) is 97.0 Å². The van der Waals surface area contributed by atoms with Crippen molar-refractivity contribution < 1.29 is 23.9 Å². The fraction of sp³-hybridized carbons (Fsp3) is 0.318. The molecular weight excluding hydrogens is 386 g/mol. The molecule has 30 heavy (non-hydrogen) atoms. The summed E-state index contributed by atoms with van der Waals surface area (Å²) in [5, 5.41) is 0. The molecule has 2 aromatic carbocycles. The highest BCUT2D eigenvalue weighted by molar-refractivity contribution is 6.01. The van der Waals surface area contributed by atoms with Gasteiger partial charge in [0.15, 0.2) is 11.5 Å². The van der Waals surface area contributed by atoms with Crippen LogP contribution in [0.2, 0.25) is 0 Å². The summed E-state index contributed by atoms with van der Waals surface area (Å²) in [7, 11) is 1.50. The molecule has 0 spiro atoms. The normalized spacial score (nSPS) is 13.1. The predicted molar refractivity (Wildman–Crippen MR) is 112 cm³/mol. The van der Waals surface area contributed by atoms with Gasteiger partial charge in [-0.2, -0.15) is 0 Å². The maximum absolute atomic E-state index is 12.5. The molecule has 2 N–H and O–H groups in total. The van der Waals surface area contributed by atoms with E-state index in [0.717, 1.165) is 12.8 Å². The van der Waals surface area contributed by atoms with E-state index >= 15 is 0 Å². The van der Waals surface area contributed by atoms with Crippen molar-refractivity contribution in [2.45, 2.75) is 26.2 Å². The first-order valence-electron chi connectivity index (χ1n) is 9.85. The van der Waals surface area contributed by atoms with E-state index in [4.69, 9.17) is 9.47 Å². The van der Waals surface area contributed by atoms with Gasteiger partial charge in [0, 0.05) is 29.8 Å². The number of methoxy groups -OCH3 is 1. The SMILES string of the molecule is CCCOc1ccc(C(=O)NNC(=O)c2cccc(N3CCCC3=O)c2)cc1OC. The summed E-state index contributed by atoms with van der Waals surface area (Å²) in [5.74, 6) is 0.0565. The Balaban J connectivity index is 1.63. The van der Waals surface area contributed by atoms with Crippen molar-refractivity contribution in [2.75, 3.05) is 25.2 Å². The van der Waals surface area contributed by atoms with Crippen molar-refractivity contribution in [3.63, 3.8) is 0 Å². The van der Waals surface area contributed by atoms with Crippen LogP contribution in [-0.2, 0) is 4.79 Å². The molecule has 1 saturated heterocycles. The number of rotatable bonds is 7. The molecule has 8 nitrogen and oxygen atoms in total. The third-order valence-electron chi connectivity index (χ3n) is 4.67. The van der Waals surface area contributed by atoms with Crippen molar-refractivity contribution in [2.24, 2.45) is 0 Å². The summed E-state index contributed by atoms with van der Waals surface area (Å²) < 4.78 is 10.8. The highest BCUT2D eigenvalue weighted by Gasteiger charge is 2.22. The fourth-order valence-electron chi connectivity index (χ4n) is 3.13. The predicted octanol–water partition coefficient (Wildman–Crippen LogP) is 2.69. The highest BCUT2D eigenvalue weighted by Crippen LogP contribution is 2.28. The zero-order chi connectivity index (χ0) is 21.5. The molecule has 0 radical (unpaired) electrons. The molecule has 158 valence electrons. The number of anilines is 1. The first-order chi connectivity index (χ1) is 14.5. The van der Waals surface area contributed by atoms with Crippen molar-refractivity contribution in [3.05, 3.63) is 53.6 Å². The van der Waals surface area contributed by atoms with Gasteiger partial charge < -0.3 is 14.4 Å². The summed E-state index contributed by atoms with van der Waals surface area (Å²) in [6.07, 6.45) is 2.17. The standard InChI is InChI=1S/C22H25N3O5/c1-3-12-30-18-10-9-16(14-19(18)29-2)22(28)24-23-21(27)15-6-4-7-17(13-15)25-11-5-8-20(25)26/h4,6-7,9-10,13-14H,3,5,8,11-12H2,1-2H3,(H,23,27)(H,24,28). The van der Waals surface area contributed by atoms with Crippen LogP contribution in [0.5, 0.6) is 11.5 Å². The minimum Gasteiger partial charge on any atom is -0.493 e. The lowest BCUT2D eigenvalue weighted by molar-refractivity contribution is -0.117. The molecule has 0 aromatic heterocycles. The van der Waals surface area contributed by atoms with Gasteiger partial charge in [0.05, 0.1) is 13.7 Å². The van der Waals surface area contributed by atoms with E-state index in [-0.39, 0.29) is 5.91 Å². The second kappa shape index (κ2) is 9.78. The van der Waals surface area contributed by atoms with Gasteiger partial charge in [-0.15, -0.1) is 0 Å². The van der Waals surface area contributed by atoms with Crippen molar-refractivity contribution in [1.82, 2.24) is 10.9 Å². The molecule has 0 unspecified atom stereocenters. The van der Waals surface area contributed by atoms with Gasteiger partial charge in [0.2, 0.25) is 5.91 Å². The molecule has 1 aliphatic heterocycles. The minimum atomic E-state index is -0.491. The molecule has 2 aromatic rings. The first kappa shape index (κ1) is 21.2. The summed E-state index contributed by atoms with van der Waals surface area (Å²) >= 11 is 0. The van der Waals surface area contributed by atoms with Crippen molar-refractivity contribution in [1.29, 1.82) is 0 Å². The number of hydrogen-bond donors (Lipinski definition) is 2. The van der Waals surface area contributed by atoms with Crippen LogP contribution < -0.4 is 25.2 Å². The molecule has 0 bridgehead atoms. The fourth-order valence-corrected chi connectivity index (χ4v) is 3.13. The van der Waals surface area contributed by atoms with E-state index in [0.29, 0.717) is 47.9 Å². The van der Waals surface area contributed by atoms with Gasteiger partial charge in [-0.1, -0.05) is 13.0 Å². The lowest BCUT2D eigenvalue weighted by Gasteiger charge is -2.16. The molecule has 0 aliphatic carbocycles. The number of amides is 3. The van der Waals surface area contributed by atoms with Crippen LogP contribution >= 0.6 is 0 Å². The average molecular weight is 411 g/mol. The zero-order valence-electron chi connectivity index (χ0n) is 17.1. The van der Waals surface area contributed by atoms with Crippen molar-refractivity contribution >= 4 is 23.4 Å². The monoisotopic (exact) mass is 411 g/mol. The molecule has 1 aliphatic rings. The molecule has 1 fully saturated rings. The van der Waals surface area contributed by atoms with E-state index in [1.807, 2.05) is 6.92 Å². The maximum Gasteiger partial charge on any atom is 0.269 e. The molecular formula is C22H25N3O5. The van der Waals surface area contributed by atoms with Crippen LogP contribution in [0.3, 0.4) is 0 Å². The molecule has 8 heteroatoms. The Hall–Kier alpha value is -3.55. The summed E-state index contributed by atoms with van der Waals surface area (Å²) in [4.78, 5) is 38.4. The Labute approximate surface area is 175 Å². The molecule has 0 atom stereocenters. The number of nitrogens with zero attached hydrogens (tertiary/aromatic N) is 1. The van der Waals surface area contributed by atoms with E-state index < -0.39 is 11.8 Å². The van der Waals surface area contributed by atoms with Crippen LogP contribution in [0.1, 0.15) is 46.9 Å². The van der Waals surface area contributed by atoms with Crippen LogP contribution in [0.15, 0.2) is 42.5 Å². The Morgan fingerprint density at radius 1 is 1.03 bits per heavy atom. The van der Waals surface area contributed by atoms with Gasteiger partial charge in [-0.3, -0.25) is 25.2 Å². The summed E-state index contributed by atoms with van der Waals surface area (Å²) in [6.45, 7) is 3.18. The van der Waals surface area contributed by atoms with E-state index in [1.54, 1.807) is 47.4 Å². The molecule has 3 rings (SSSR count). The average Bonchev–Trinajstić information content (AvgIpc) is 3.21. The largest absolute Gasteiger partial charge is 0.493 e. The first-order valence-corrected chi connectivity index (χ1v) is 9.85. The second-order valence-corrected chi connectivity index (χ2v) is 6.82. The molecule has 3 amide bonds. The van der Waals surface area contributed by atoms with Crippen LogP contribution in [-0.4, -0.2) is 38.0 Å². The van der Waals surface area contributed by atoms with Crippen molar-refractivity contribution in [3.8, 4) is 11.5 Å². The molecule has 1 heterocycles. The van der Waals surface area contributed by atoms with Crippen LogP contribution in [0.4, 0.5) is 5.69 Å². The molecule has 0 saturated carbocycles. The van der Waals surface area contributed by atoms with Crippen LogP contribution in [0.25, 0.3) is 0 Å². The van der Waals surface area contributed by atoms with Crippen LogP contribution in [0, 0.1) is 0 Å². The lowest BCUT2D eigenvalue weighted by atomic mass is 10.1. The highest BCUT2D eigenvalue weighted by atomic mass is 16.5. The zero-order valence-corrected chi connectivity index (χ0v) is 17.1. The number of nitrogens with one attached hydrogen (secondary N) is 2. The van der Waals surface area contributed by atoms with Gasteiger partial charge in [0.1, 0.15) is 0 Å². The number of benzene rings is 2. The quantitative estimate of drug-likeness (QED) is 0.683. The third-order valence-corrected chi connectivity index (χ3v) is 4.67. The van der Waals surface area contributed by atoms with Gasteiger partial charge in [-0.25, -0.2) is 0 Å². The van der Waals surface area contributed by atoms with Gasteiger partial charge in [-0.05, 0) is 49.2 Å². The lowest BCUT2D eigenvalue weighted by Crippen LogP contribution is -2.41. The summed E-state index contributed by atoms with van der Waals surface area (Å²) in [5.41, 5.74) is 6.12. The number of carbonyl (C=O) groups excluding carboxylic acids is 3. The summed E-state index contributed by atoms with van der Waals surface area (Å²) in [6, 6.07) is 11.5. The van der Waals surface area contributed by atoms with E-state index in [2.05, 4.69) is 10.9 Å². The van der Waals surface area contributed by atoms with Gasteiger partial charge >= 0.3 is 0 Å². The number of carbonyl (C=O) groups is 3. The minimum absolute atomic E-state index is 0.0428. The Bertz CT molecular complexity index is 944. The number of hydrazine groups is 1.